The summed E-state index contributed by atoms with van der Waals surface area (Å²) in [5.41, 5.74) is 4.21. The van der Waals surface area contributed by atoms with Crippen molar-refractivity contribution in [1.82, 2.24) is 25.1 Å². The molecular formula is C25H30N6O2. The topological polar surface area (TPSA) is 77.3 Å². The minimum Gasteiger partial charge on any atom is -0.467 e. The molecule has 3 atom stereocenters. The van der Waals surface area contributed by atoms with Crippen molar-refractivity contribution in [2.45, 2.75) is 50.6 Å². The SMILES string of the molecule is COc1nc(N2C3CCC34COCC24)cc(-n2ncc3cc(C)c(C4CCNCC4)cc32)n1. The maximum Gasteiger partial charge on any atom is 0.320 e. The van der Waals surface area contributed by atoms with Crippen LogP contribution in [0.15, 0.2) is 24.4 Å². The molecule has 7 rings (SSSR count). The third kappa shape index (κ3) is 2.74. The molecule has 1 saturated carbocycles. The number of ether oxygens (including phenoxy) is 2. The fraction of sp³-hybridized carbons (Fsp3) is 0.560. The number of rotatable bonds is 4. The lowest BCUT2D eigenvalue weighted by molar-refractivity contribution is -0.0131. The first kappa shape index (κ1) is 19.7. The Morgan fingerprint density at radius 3 is 2.73 bits per heavy atom. The Hall–Kier alpha value is -2.71. The van der Waals surface area contributed by atoms with Crippen LogP contribution in [0, 0.1) is 12.3 Å². The molecule has 4 aliphatic rings. The number of nitrogens with one attached hydrogen (secondary N) is 1. The van der Waals surface area contributed by atoms with Crippen molar-refractivity contribution >= 4 is 16.7 Å². The van der Waals surface area contributed by atoms with E-state index in [4.69, 9.17) is 24.5 Å². The summed E-state index contributed by atoms with van der Waals surface area (Å²) >= 11 is 0. The Kier molecular flexibility index (Phi) is 4.27. The highest BCUT2D eigenvalue weighted by molar-refractivity contribution is 5.82. The molecule has 1 spiro atoms. The predicted octanol–water partition coefficient (Wildman–Crippen LogP) is 2.97. The van der Waals surface area contributed by atoms with Gasteiger partial charge < -0.3 is 19.7 Å². The Labute approximate surface area is 193 Å². The van der Waals surface area contributed by atoms with Gasteiger partial charge in [0.15, 0.2) is 5.82 Å². The van der Waals surface area contributed by atoms with E-state index in [0.717, 1.165) is 48.8 Å². The highest BCUT2D eigenvalue weighted by Gasteiger charge is 2.68. The molecule has 172 valence electrons. The maximum atomic E-state index is 5.87. The van der Waals surface area contributed by atoms with Gasteiger partial charge in [0.25, 0.3) is 0 Å². The molecule has 3 aliphatic heterocycles. The Bertz CT molecular complexity index is 1240. The number of aryl methyl sites for hydroxylation is 1. The van der Waals surface area contributed by atoms with Crippen molar-refractivity contribution in [2.75, 3.05) is 38.3 Å². The summed E-state index contributed by atoms with van der Waals surface area (Å²) < 4.78 is 13.3. The van der Waals surface area contributed by atoms with Crippen molar-refractivity contribution in [3.8, 4) is 11.8 Å². The number of anilines is 1. The fourth-order valence-electron chi connectivity index (χ4n) is 6.74. The third-order valence-electron chi connectivity index (χ3n) is 8.61. The average molecular weight is 447 g/mol. The van der Waals surface area contributed by atoms with Gasteiger partial charge in [-0.3, -0.25) is 0 Å². The lowest BCUT2D eigenvalue weighted by Crippen LogP contribution is -2.77. The van der Waals surface area contributed by atoms with Gasteiger partial charge in [-0.25, -0.2) is 4.68 Å². The van der Waals surface area contributed by atoms with Crippen molar-refractivity contribution in [3.05, 3.63) is 35.5 Å². The van der Waals surface area contributed by atoms with Crippen LogP contribution >= 0.6 is 0 Å². The van der Waals surface area contributed by atoms with Crippen LogP contribution in [-0.4, -0.2) is 65.2 Å². The van der Waals surface area contributed by atoms with Crippen molar-refractivity contribution < 1.29 is 9.47 Å². The van der Waals surface area contributed by atoms with Crippen LogP contribution in [-0.2, 0) is 4.74 Å². The lowest BCUT2D eigenvalue weighted by Gasteiger charge is -2.67. The standard InChI is InChI=1S/C25H30N6O2/c1-15-9-17-12-27-31(19(17)10-18(15)16-4-7-26-8-5-16)23-11-22(28-24(29-23)32-2)30-20-3-6-25(20)14-33-13-21(25)30/h9-12,16,20-21,26H,3-8,13-14H2,1-2H3. The average Bonchev–Trinajstić information content (AvgIpc) is 3.45. The Morgan fingerprint density at radius 2 is 1.94 bits per heavy atom. The molecule has 1 aromatic carbocycles. The highest BCUT2D eigenvalue weighted by Crippen LogP contribution is 2.61. The second-order valence-corrected chi connectivity index (χ2v) is 10.1. The number of piperidine rings is 2. The Balaban J connectivity index is 1.31. The summed E-state index contributed by atoms with van der Waals surface area (Å²) in [5, 5.41) is 9.35. The first-order chi connectivity index (χ1) is 16.2. The van der Waals surface area contributed by atoms with Gasteiger partial charge in [-0.05, 0) is 74.9 Å². The minimum atomic E-state index is 0.345. The van der Waals surface area contributed by atoms with Gasteiger partial charge in [-0.2, -0.15) is 15.1 Å². The van der Waals surface area contributed by atoms with Crippen LogP contribution in [0.4, 0.5) is 5.82 Å². The molecule has 33 heavy (non-hydrogen) atoms. The van der Waals surface area contributed by atoms with E-state index in [1.54, 1.807) is 7.11 Å². The molecule has 8 nitrogen and oxygen atoms in total. The van der Waals surface area contributed by atoms with Gasteiger partial charge in [0.05, 0.1) is 38.1 Å². The number of nitrogens with zero attached hydrogens (tertiary/aromatic N) is 5. The summed E-state index contributed by atoms with van der Waals surface area (Å²) in [4.78, 5) is 11.9. The molecule has 2 aromatic heterocycles. The van der Waals surface area contributed by atoms with Crippen molar-refractivity contribution in [1.29, 1.82) is 0 Å². The monoisotopic (exact) mass is 446 g/mol. The summed E-state index contributed by atoms with van der Waals surface area (Å²) in [6.07, 6.45) is 6.75. The van der Waals surface area contributed by atoms with Crippen molar-refractivity contribution in [3.63, 3.8) is 0 Å². The van der Waals surface area contributed by atoms with Crippen LogP contribution in [0.3, 0.4) is 0 Å². The third-order valence-corrected chi connectivity index (χ3v) is 8.61. The van der Waals surface area contributed by atoms with Crippen LogP contribution in [0.5, 0.6) is 6.01 Å². The van der Waals surface area contributed by atoms with Crippen molar-refractivity contribution in [2.24, 2.45) is 5.41 Å². The maximum absolute atomic E-state index is 5.87. The van der Waals surface area contributed by atoms with Gasteiger partial charge in [-0.1, -0.05) is 0 Å². The van der Waals surface area contributed by atoms with E-state index in [-0.39, 0.29) is 0 Å². The van der Waals surface area contributed by atoms with Crippen LogP contribution in [0.1, 0.15) is 42.7 Å². The van der Waals surface area contributed by atoms with Crippen LogP contribution < -0.4 is 15.0 Å². The molecule has 3 unspecified atom stereocenters. The fourth-order valence-corrected chi connectivity index (χ4v) is 6.74. The summed E-state index contributed by atoms with van der Waals surface area (Å²) in [7, 11) is 1.63. The zero-order valence-electron chi connectivity index (χ0n) is 19.3. The van der Waals surface area contributed by atoms with E-state index in [9.17, 15) is 0 Å². The molecule has 0 bridgehead atoms. The molecule has 3 aromatic rings. The molecular weight excluding hydrogens is 416 g/mol. The zero-order valence-corrected chi connectivity index (χ0v) is 19.3. The summed E-state index contributed by atoms with van der Waals surface area (Å²) in [6.45, 7) is 6.05. The number of methoxy groups -OCH3 is 1. The first-order valence-corrected chi connectivity index (χ1v) is 12.2. The molecule has 3 saturated heterocycles. The smallest absolute Gasteiger partial charge is 0.320 e. The molecule has 8 heteroatoms. The van der Waals surface area contributed by atoms with Gasteiger partial charge in [-0.15, -0.1) is 0 Å². The molecule has 1 N–H and O–H groups in total. The minimum absolute atomic E-state index is 0.345. The number of aromatic nitrogens is 4. The van der Waals surface area contributed by atoms with Crippen LogP contribution in [0.2, 0.25) is 0 Å². The Morgan fingerprint density at radius 1 is 1.09 bits per heavy atom. The second-order valence-electron chi connectivity index (χ2n) is 10.1. The molecule has 4 fully saturated rings. The summed E-state index contributed by atoms with van der Waals surface area (Å²) in [6, 6.07) is 7.97. The zero-order chi connectivity index (χ0) is 22.2. The molecule has 0 amide bonds. The van der Waals surface area contributed by atoms with E-state index in [0.29, 0.717) is 29.4 Å². The molecule has 0 radical (unpaired) electrons. The van der Waals surface area contributed by atoms with E-state index < -0.39 is 0 Å². The van der Waals surface area contributed by atoms with E-state index in [1.165, 1.54) is 36.8 Å². The van der Waals surface area contributed by atoms with Crippen LogP contribution in [0.25, 0.3) is 16.7 Å². The molecule has 1 aliphatic carbocycles. The number of benzene rings is 1. The van der Waals surface area contributed by atoms with Gasteiger partial charge in [0.1, 0.15) is 5.82 Å². The van der Waals surface area contributed by atoms with Gasteiger partial charge in [0.2, 0.25) is 0 Å². The van der Waals surface area contributed by atoms with E-state index in [1.807, 2.05) is 10.9 Å². The second kappa shape index (κ2) is 7.14. The normalized spacial score (nSPS) is 28.8. The summed E-state index contributed by atoms with van der Waals surface area (Å²) in [5.74, 6) is 2.26. The van der Waals surface area contributed by atoms with E-state index >= 15 is 0 Å². The number of hydrogen-bond acceptors (Lipinski definition) is 7. The largest absolute Gasteiger partial charge is 0.467 e. The lowest BCUT2D eigenvalue weighted by atomic mass is 9.54. The number of hydrogen-bond donors (Lipinski definition) is 1. The van der Waals surface area contributed by atoms with Gasteiger partial charge >= 0.3 is 6.01 Å². The van der Waals surface area contributed by atoms with Gasteiger partial charge in [0, 0.05) is 22.9 Å². The quantitative estimate of drug-likeness (QED) is 0.660. The predicted molar refractivity (Wildman–Crippen MR) is 125 cm³/mol. The highest BCUT2D eigenvalue weighted by atomic mass is 16.5. The number of fused-ring (bicyclic) bond motifs is 1. The molecule has 5 heterocycles. The first-order valence-electron chi connectivity index (χ1n) is 12.2. The van der Waals surface area contributed by atoms with E-state index in [2.05, 4.69) is 35.3 Å².